The number of allylic oxidation sites excluding steroid dienone is 1. The summed E-state index contributed by atoms with van der Waals surface area (Å²) in [5.41, 5.74) is -4.92. The number of phenols is 1. The average molecular weight is 611 g/mol. The van der Waals surface area contributed by atoms with Gasteiger partial charge in [0.15, 0.2) is 23.0 Å². The van der Waals surface area contributed by atoms with Crippen molar-refractivity contribution in [2.75, 3.05) is 24.3 Å². The molecule has 240 valence electrons. The quantitative estimate of drug-likeness (QED) is 0.214. The van der Waals surface area contributed by atoms with Gasteiger partial charge >= 0.3 is 0 Å². The molecule has 4 rings (SSSR count). The first-order valence-electron chi connectivity index (χ1n) is 15.1. The van der Waals surface area contributed by atoms with Gasteiger partial charge in [-0.2, -0.15) is 0 Å². The number of nitrogens with one attached hydrogen (secondary N) is 1. The molecule has 0 aromatic heterocycles. The number of hydrogen-bond donors (Lipinski definition) is 5. The van der Waals surface area contributed by atoms with Gasteiger partial charge in [0.2, 0.25) is 5.78 Å². The van der Waals surface area contributed by atoms with E-state index in [2.05, 4.69) is 5.32 Å². The Labute approximate surface area is 258 Å². The molecule has 1 fully saturated rings. The van der Waals surface area contributed by atoms with Crippen LogP contribution >= 0.6 is 0 Å². The van der Waals surface area contributed by atoms with Gasteiger partial charge in [-0.15, -0.1) is 0 Å². The van der Waals surface area contributed by atoms with Crippen LogP contribution in [-0.2, 0) is 25.6 Å². The number of carbonyl (C=O) groups is 4. The zero-order chi connectivity index (χ0) is 33.5. The molecule has 0 radical (unpaired) electrons. The molecule has 0 bridgehead atoms. The minimum Gasteiger partial charge on any atom is -0.508 e. The SMILES string of the molecule is CC(=O)C1=C(O)[C@]2(O)C(=O)C3=C(O)c4c(O)c(NC(C(=O)CC(C)(C)C)C(C)C)cc(N(C)C)c4C[C@]3(C)C[C@]2(C)CC1=O. The zero-order valence-corrected chi connectivity index (χ0v) is 27.4. The fourth-order valence-corrected chi connectivity index (χ4v) is 7.63. The number of ketones is 4. The number of aliphatic hydroxyl groups excluding tert-OH is 2. The summed E-state index contributed by atoms with van der Waals surface area (Å²) >= 11 is 0. The fraction of sp³-hybridized carbons (Fsp3) is 0.588. The number of hydrogen-bond acceptors (Lipinski definition) is 10. The molecule has 1 aromatic carbocycles. The monoisotopic (exact) mass is 610 g/mol. The number of rotatable bonds is 7. The molecule has 10 nitrogen and oxygen atoms in total. The summed E-state index contributed by atoms with van der Waals surface area (Å²) in [6.45, 7) is 14.1. The number of fused-ring (bicyclic) bond motifs is 3. The Kier molecular flexibility index (Phi) is 7.90. The first kappa shape index (κ1) is 33.2. The van der Waals surface area contributed by atoms with Crippen LogP contribution in [0.3, 0.4) is 0 Å². The first-order chi connectivity index (χ1) is 20.0. The molecule has 3 aliphatic carbocycles. The number of carbonyl (C=O) groups excluding carboxylic acids is 4. The highest BCUT2D eigenvalue weighted by atomic mass is 16.3. The predicted molar refractivity (Wildman–Crippen MR) is 168 cm³/mol. The van der Waals surface area contributed by atoms with E-state index < -0.39 is 56.9 Å². The maximum atomic E-state index is 14.3. The van der Waals surface area contributed by atoms with Crippen molar-refractivity contribution in [2.45, 2.75) is 92.7 Å². The Morgan fingerprint density at radius 3 is 2.16 bits per heavy atom. The second-order valence-electron chi connectivity index (χ2n) is 15.2. The van der Waals surface area contributed by atoms with Gasteiger partial charge in [0.25, 0.3) is 0 Å². The summed E-state index contributed by atoms with van der Waals surface area (Å²) in [4.78, 5) is 54.7. The van der Waals surface area contributed by atoms with Crippen molar-refractivity contribution >= 4 is 40.3 Å². The lowest BCUT2D eigenvalue weighted by atomic mass is 9.47. The molecular weight excluding hydrogens is 564 g/mol. The second kappa shape index (κ2) is 10.5. The molecule has 1 aromatic rings. The van der Waals surface area contributed by atoms with E-state index in [1.54, 1.807) is 27.1 Å². The van der Waals surface area contributed by atoms with Crippen molar-refractivity contribution in [1.29, 1.82) is 0 Å². The normalized spacial score (nSPS) is 27.5. The number of benzene rings is 1. The molecular formula is C34H46N2O8. The lowest BCUT2D eigenvalue weighted by Gasteiger charge is -2.56. The number of Topliss-reactive ketones (excluding diaryl/α,β-unsaturated/α-hetero) is 4. The maximum absolute atomic E-state index is 14.3. The Bertz CT molecular complexity index is 1540. The van der Waals surface area contributed by atoms with Crippen molar-refractivity contribution in [3.05, 3.63) is 34.1 Å². The zero-order valence-electron chi connectivity index (χ0n) is 27.4. The van der Waals surface area contributed by atoms with Crippen molar-refractivity contribution in [3.8, 4) is 5.75 Å². The van der Waals surface area contributed by atoms with Crippen LogP contribution in [0.15, 0.2) is 23.0 Å². The van der Waals surface area contributed by atoms with Gasteiger partial charge in [0, 0.05) is 49.0 Å². The fourth-order valence-electron chi connectivity index (χ4n) is 7.63. The molecule has 0 spiro atoms. The number of aromatic hydroxyl groups is 1. The third-order valence-corrected chi connectivity index (χ3v) is 9.51. The van der Waals surface area contributed by atoms with Crippen LogP contribution in [0.1, 0.15) is 85.8 Å². The Morgan fingerprint density at radius 1 is 1.07 bits per heavy atom. The van der Waals surface area contributed by atoms with Crippen molar-refractivity contribution in [3.63, 3.8) is 0 Å². The largest absolute Gasteiger partial charge is 0.508 e. The average Bonchev–Trinajstić information content (AvgIpc) is 2.83. The highest BCUT2D eigenvalue weighted by Crippen LogP contribution is 2.63. The van der Waals surface area contributed by atoms with E-state index in [4.69, 9.17) is 0 Å². The third-order valence-electron chi connectivity index (χ3n) is 9.51. The van der Waals surface area contributed by atoms with Crippen LogP contribution in [-0.4, -0.2) is 69.3 Å². The van der Waals surface area contributed by atoms with Crippen molar-refractivity contribution in [1.82, 2.24) is 0 Å². The van der Waals surface area contributed by atoms with E-state index >= 15 is 0 Å². The van der Waals surface area contributed by atoms with Crippen LogP contribution in [0.4, 0.5) is 11.4 Å². The smallest absolute Gasteiger partial charge is 0.203 e. The second-order valence-corrected chi connectivity index (χ2v) is 15.2. The third kappa shape index (κ3) is 4.91. The summed E-state index contributed by atoms with van der Waals surface area (Å²) in [5, 5.41) is 49.7. The molecule has 0 amide bonds. The Hall–Kier alpha value is -3.66. The molecule has 0 aliphatic heterocycles. The lowest BCUT2D eigenvalue weighted by molar-refractivity contribution is -0.165. The van der Waals surface area contributed by atoms with Gasteiger partial charge in [-0.25, -0.2) is 0 Å². The van der Waals surface area contributed by atoms with E-state index in [1.165, 1.54) is 6.92 Å². The summed E-state index contributed by atoms with van der Waals surface area (Å²) in [6.07, 6.45) is 0.136. The molecule has 5 N–H and O–H groups in total. The Balaban J connectivity index is 1.96. The van der Waals surface area contributed by atoms with E-state index in [0.717, 1.165) is 6.92 Å². The van der Waals surface area contributed by atoms with Crippen LogP contribution < -0.4 is 10.2 Å². The summed E-state index contributed by atoms with van der Waals surface area (Å²) in [6, 6.07) is 1.07. The van der Waals surface area contributed by atoms with Crippen LogP contribution in [0, 0.1) is 22.2 Å². The topological polar surface area (TPSA) is 164 Å². The van der Waals surface area contributed by atoms with Crippen LogP contribution in [0.2, 0.25) is 0 Å². The molecule has 1 saturated carbocycles. The molecule has 1 unspecified atom stereocenters. The van der Waals surface area contributed by atoms with Gasteiger partial charge in [0.05, 0.1) is 17.3 Å². The molecule has 10 heteroatoms. The maximum Gasteiger partial charge on any atom is 0.203 e. The number of phenolic OH excluding ortho intramolecular Hbond substituents is 1. The van der Waals surface area contributed by atoms with Crippen LogP contribution in [0.25, 0.3) is 5.76 Å². The van der Waals surface area contributed by atoms with E-state index in [1.807, 2.05) is 39.5 Å². The van der Waals surface area contributed by atoms with E-state index in [9.17, 15) is 39.6 Å². The van der Waals surface area contributed by atoms with Crippen molar-refractivity contribution < 1.29 is 39.6 Å². The number of aliphatic hydroxyl groups is 3. The molecule has 0 heterocycles. The molecule has 0 saturated heterocycles. The van der Waals surface area contributed by atoms with Gasteiger partial charge in [-0.3, -0.25) is 19.2 Å². The molecule has 3 aliphatic rings. The van der Waals surface area contributed by atoms with E-state index in [-0.39, 0.29) is 59.0 Å². The Morgan fingerprint density at radius 2 is 1.66 bits per heavy atom. The lowest BCUT2D eigenvalue weighted by Crippen LogP contribution is -2.65. The summed E-state index contributed by atoms with van der Waals surface area (Å²) in [7, 11) is 3.61. The number of nitrogens with zero attached hydrogens (tertiary/aromatic N) is 1. The minimum absolute atomic E-state index is 0.0142. The highest BCUT2D eigenvalue weighted by Gasteiger charge is 2.68. The predicted octanol–water partition coefficient (Wildman–Crippen LogP) is 4.82. The van der Waals surface area contributed by atoms with Crippen molar-refractivity contribution in [2.24, 2.45) is 22.2 Å². The van der Waals surface area contributed by atoms with E-state index in [0.29, 0.717) is 17.7 Å². The number of anilines is 2. The van der Waals surface area contributed by atoms with Gasteiger partial charge in [0.1, 0.15) is 22.8 Å². The van der Waals surface area contributed by atoms with Gasteiger partial charge < -0.3 is 30.6 Å². The minimum atomic E-state index is -2.64. The summed E-state index contributed by atoms with van der Waals surface area (Å²) in [5.74, 6) is -4.55. The summed E-state index contributed by atoms with van der Waals surface area (Å²) < 4.78 is 0. The van der Waals surface area contributed by atoms with Crippen LogP contribution in [0.5, 0.6) is 5.75 Å². The molecule has 44 heavy (non-hydrogen) atoms. The standard InChI is InChI=1S/C34H46N2O8/c1-16(2)26(22(39)13-31(4,5)6)35-19-11-20(36(9)10)18-12-32(7)15-33(8)14-21(38)23(17(3)37)29(42)34(33,44)30(43)25(32)28(41)24(18)27(19)40/h11,16,26,35,40-42,44H,12-15H2,1-10H3/t26?,32-,33+,34+/m1/s1. The van der Waals surface area contributed by atoms with Gasteiger partial charge in [-0.1, -0.05) is 48.5 Å². The highest BCUT2D eigenvalue weighted by molar-refractivity contribution is 6.23. The molecule has 4 atom stereocenters. The first-order valence-corrected chi connectivity index (χ1v) is 15.1. The van der Waals surface area contributed by atoms with Gasteiger partial charge in [-0.05, 0) is 42.7 Å².